The summed E-state index contributed by atoms with van der Waals surface area (Å²) in [6.45, 7) is 1.80. The lowest BCUT2D eigenvalue weighted by Gasteiger charge is -2.10. The predicted octanol–water partition coefficient (Wildman–Crippen LogP) is 2.85. The normalized spacial score (nSPS) is 13.2. The van der Waals surface area contributed by atoms with E-state index in [-0.39, 0.29) is 23.6 Å². The summed E-state index contributed by atoms with van der Waals surface area (Å²) >= 11 is 0. The van der Waals surface area contributed by atoms with Gasteiger partial charge in [0.25, 0.3) is 0 Å². The molecule has 1 aliphatic carbocycles. The maximum absolute atomic E-state index is 11.6. The van der Waals surface area contributed by atoms with Crippen molar-refractivity contribution in [1.82, 2.24) is 9.97 Å². The fourth-order valence-electron chi connectivity index (χ4n) is 2.12. The smallest absolute Gasteiger partial charge is 0.337 e. The number of aromatic nitrogens is 2. The van der Waals surface area contributed by atoms with Crippen molar-refractivity contribution in [1.29, 1.82) is 0 Å². The maximum atomic E-state index is 11.6. The van der Waals surface area contributed by atoms with E-state index >= 15 is 0 Å². The topological polar surface area (TPSA) is 116 Å². The highest BCUT2D eigenvalue weighted by Crippen LogP contribution is 2.31. The minimum Gasteiger partial charge on any atom is -0.465 e. The van der Waals surface area contributed by atoms with Gasteiger partial charge in [0.2, 0.25) is 5.82 Å². The highest BCUT2D eigenvalue weighted by Gasteiger charge is 2.27. The van der Waals surface area contributed by atoms with E-state index < -0.39 is 10.9 Å². The predicted molar refractivity (Wildman–Crippen MR) is 87.9 cm³/mol. The summed E-state index contributed by atoms with van der Waals surface area (Å²) in [4.78, 5) is 30.2. The Bertz CT molecular complexity index is 835. The van der Waals surface area contributed by atoms with E-state index in [0.29, 0.717) is 11.3 Å². The van der Waals surface area contributed by atoms with Crippen LogP contribution < -0.4 is 10.1 Å². The van der Waals surface area contributed by atoms with Gasteiger partial charge >= 0.3 is 17.7 Å². The second-order valence-corrected chi connectivity index (χ2v) is 5.64. The lowest BCUT2D eigenvalue weighted by molar-refractivity contribution is -0.384. The van der Waals surface area contributed by atoms with E-state index in [4.69, 9.17) is 4.74 Å². The number of hydrogen-bond donors (Lipinski definition) is 1. The molecule has 3 rings (SSSR count). The van der Waals surface area contributed by atoms with Crippen molar-refractivity contribution in [2.24, 2.45) is 0 Å². The standard InChI is InChI=1S/C16H16N4O5/c1-9-3-4-10(15(21)24-2)7-13(9)25-16-17-8-12(20(22)23)14(19-16)18-11-5-6-11/h3-4,7-8,11H,5-6H2,1-2H3,(H,17,18,19). The SMILES string of the molecule is COC(=O)c1ccc(C)c(Oc2ncc([N+](=O)[O-])c(NC3CC3)n2)c1. The van der Waals surface area contributed by atoms with Crippen LogP contribution in [0.3, 0.4) is 0 Å². The number of hydrogen-bond acceptors (Lipinski definition) is 8. The summed E-state index contributed by atoms with van der Waals surface area (Å²) in [5.41, 5.74) is 0.868. The van der Waals surface area contributed by atoms with Gasteiger partial charge in [-0.3, -0.25) is 10.1 Å². The van der Waals surface area contributed by atoms with Gasteiger partial charge in [-0.1, -0.05) is 6.07 Å². The molecule has 0 unspecified atom stereocenters. The van der Waals surface area contributed by atoms with Gasteiger partial charge in [-0.05, 0) is 37.5 Å². The Balaban J connectivity index is 1.89. The van der Waals surface area contributed by atoms with E-state index in [1.54, 1.807) is 19.1 Å². The van der Waals surface area contributed by atoms with E-state index in [0.717, 1.165) is 24.6 Å². The Morgan fingerprint density at radius 3 is 2.80 bits per heavy atom. The second-order valence-electron chi connectivity index (χ2n) is 5.64. The summed E-state index contributed by atoms with van der Waals surface area (Å²) in [7, 11) is 1.29. The first-order valence-corrected chi connectivity index (χ1v) is 7.62. The van der Waals surface area contributed by atoms with Crippen molar-refractivity contribution < 1.29 is 19.2 Å². The molecule has 0 radical (unpaired) electrons. The Hall–Kier alpha value is -3.23. The zero-order chi connectivity index (χ0) is 18.0. The number of nitrogens with one attached hydrogen (secondary N) is 1. The highest BCUT2D eigenvalue weighted by atomic mass is 16.6. The average molecular weight is 344 g/mol. The molecule has 0 amide bonds. The molecule has 1 heterocycles. The van der Waals surface area contributed by atoms with Crippen LogP contribution in [0.2, 0.25) is 0 Å². The van der Waals surface area contributed by atoms with E-state index in [9.17, 15) is 14.9 Å². The number of aryl methyl sites for hydroxylation is 1. The van der Waals surface area contributed by atoms with Gasteiger partial charge < -0.3 is 14.8 Å². The number of carbonyl (C=O) groups is 1. The van der Waals surface area contributed by atoms with Crippen molar-refractivity contribution in [3.8, 4) is 11.8 Å². The summed E-state index contributed by atoms with van der Waals surface area (Å²) in [6, 6.07) is 4.98. The molecule has 0 spiro atoms. The molecule has 0 aliphatic heterocycles. The second kappa shape index (κ2) is 6.71. The molecule has 0 bridgehead atoms. The average Bonchev–Trinajstić information content (AvgIpc) is 3.40. The molecule has 25 heavy (non-hydrogen) atoms. The maximum Gasteiger partial charge on any atom is 0.337 e. The van der Waals surface area contributed by atoms with Crippen LogP contribution in [-0.4, -0.2) is 34.0 Å². The van der Waals surface area contributed by atoms with Crippen LogP contribution in [0.25, 0.3) is 0 Å². The first-order chi connectivity index (χ1) is 12.0. The fraction of sp³-hybridized carbons (Fsp3) is 0.312. The molecule has 130 valence electrons. The number of ether oxygens (including phenoxy) is 2. The van der Waals surface area contributed by atoms with Crippen LogP contribution in [0.15, 0.2) is 24.4 Å². The van der Waals surface area contributed by atoms with Gasteiger partial charge in [-0.25, -0.2) is 4.79 Å². The van der Waals surface area contributed by atoms with Gasteiger partial charge in [0.15, 0.2) is 0 Å². The van der Waals surface area contributed by atoms with Gasteiger partial charge in [-0.2, -0.15) is 9.97 Å². The summed E-state index contributed by atoms with van der Waals surface area (Å²) in [6.07, 6.45) is 2.99. The van der Waals surface area contributed by atoms with Gasteiger partial charge in [-0.15, -0.1) is 0 Å². The third-order valence-electron chi connectivity index (χ3n) is 3.67. The first kappa shape index (κ1) is 16.6. The molecule has 1 aromatic carbocycles. The third-order valence-corrected chi connectivity index (χ3v) is 3.67. The van der Waals surface area contributed by atoms with Crippen LogP contribution >= 0.6 is 0 Å². The third kappa shape index (κ3) is 3.82. The van der Waals surface area contributed by atoms with Crippen LogP contribution in [-0.2, 0) is 4.74 Å². The van der Waals surface area contributed by atoms with Gasteiger partial charge in [0.1, 0.15) is 11.9 Å². The molecule has 1 aromatic heterocycles. The number of benzene rings is 1. The number of esters is 1. The first-order valence-electron chi connectivity index (χ1n) is 7.62. The lowest BCUT2D eigenvalue weighted by Crippen LogP contribution is -2.08. The number of methoxy groups -OCH3 is 1. The minimum atomic E-state index is -0.544. The van der Waals surface area contributed by atoms with Gasteiger partial charge in [0, 0.05) is 6.04 Å². The molecule has 2 aromatic rings. The van der Waals surface area contributed by atoms with Crippen molar-refractivity contribution in [3.05, 3.63) is 45.6 Å². The van der Waals surface area contributed by atoms with Crippen LogP contribution in [0.5, 0.6) is 11.8 Å². The quantitative estimate of drug-likeness (QED) is 0.483. The molecular weight excluding hydrogens is 328 g/mol. The number of anilines is 1. The van der Waals surface area contributed by atoms with Crippen molar-refractivity contribution in [2.45, 2.75) is 25.8 Å². The molecular formula is C16H16N4O5. The summed E-state index contributed by atoms with van der Waals surface area (Å²) in [5, 5.41) is 14.1. The number of carbonyl (C=O) groups excluding carboxylic acids is 1. The number of nitrogens with zero attached hydrogens (tertiary/aromatic N) is 3. The molecule has 1 N–H and O–H groups in total. The zero-order valence-corrected chi connectivity index (χ0v) is 13.7. The molecule has 0 saturated heterocycles. The van der Waals surface area contributed by atoms with Crippen molar-refractivity contribution >= 4 is 17.5 Å². The van der Waals surface area contributed by atoms with Crippen LogP contribution in [0.1, 0.15) is 28.8 Å². The monoisotopic (exact) mass is 344 g/mol. The Morgan fingerprint density at radius 2 is 2.16 bits per heavy atom. The molecule has 0 atom stereocenters. The van der Waals surface area contributed by atoms with E-state index in [2.05, 4.69) is 20.0 Å². The van der Waals surface area contributed by atoms with E-state index in [1.807, 2.05) is 0 Å². The largest absolute Gasteiger partial charge is 0.465 e. The Labute approximate surface area is 143 Å². The summed E-state index contributed by atoms with van der Waals surface area (Å²) < 4.78 is 10.3. The molecule has 1 fully saturated rings. The number of rotatable bonds is 6. The Kier molecular flexibility index (Phi) is 4.46. The number of nitro groups is 1. The fourth-order valence-corrected chi connectivity index (χ4v) is 2.12. The molecule has 1 saturated carbocycles. The van der Waals surface area contributed by atoms with E-state index in [1.165, 1.54) is 13.2 Å². The van der Waals surface area contributed by atoms with Gasteiger partial charge in [0.05, 0.1) is 17.6 Å². The lowest BCUT2D eigenvalue weighted by atomic mass is 10.1. The highest BCUT2D eigenvalue weighted by molar-refractivity contribution is 5.89. The van der Waals surface area contributed by atoms with Crippen LogP contribution in [0, 0.1) is 17.0 Å². The molecule has 9 nitrogen and oxygen atoms in total. The molecule has 1 aliphatic rings. The summed E-state index contributed by atoms with van der Waals surface area (Å²) in [5.74, 6) is -0.000965. The zero-order valence-electron chi connectivity index (χ0n) is 13.7. The van der Waals surface area contributed by atoms with Crippen LogP contribution in [0.4, 0.5) is 11.5 Å². The Morgan fingerprint density at radius 1 is 1.40 bits per heavy atom. The minimum absolute atomic E-state index is 0.0427. The van der Waals surface area contributed by atoms with Crippen molar-refractivity contribution in [3.63, 3.8) is 0 Å². The van der Waals surface area contributed by atoms with Crippen molar-refractivity contribution in [2.75, 3.05) is 12.4 Å². The molecule has 9 heteroatoms.